The third-order valence-corrected chi connectivity index (χ3v) is 4.83. The van der Waals surface area contributed by atoms with Crippen LogP contribution in [0.5, 0.6) is 0 Å². The Kier molecular flexibility index (Phi) is 5.68. The Morgan fingerprint density at radius 3 is 2.70 bits per heavy atom. The number of carboxylic acid groups (broad SMARTS) is 1. The molecule has 0 spiro atoms. The van der Waals surface area contributed by atoms with Crippen molar-refractivity contribution in [1.82, 2.24) is 0 Å². The Labute approximate surface area is 159 Å². The van der Waals surface area contributed by atoms with E-state index < -0.39 is 17.7 Å². The number of rotatable bonds is 7. The molecule has 1 unspecified atom stereocenters. The molecule has 27 heavy (non-hydrogen) atoms. The van der Waals surface area contributed by atoms with Gasteiger partial charge in [0.2, 0.25) is 0 Å². The molecule has 0 radical (unpaired) electrons. The second-order valence-electron chi connectivity index (χ2n) is 7.19. The smallest absolute Gasteiger partial charge is 0.303 e. The summed E-state index contributed by atoms with van der Waals surface area (Å²) in [7, 11) is 0. The van der Waals surface area contributed by atoms with E-state index in [1.165, 1.54) is 0 Å². The highest BCUT2D eigenvalue weighted by molar-refractivity contribution is 5.66. The number of carbonyl (C=O) groups is 1. The standard InChI is InChI=1S/C21H26N2O4/c1-21(11-9-19(24)25)10-8-16-12-17(6-7-18(16)27-21)26-13-14-2-4-15(5-3-14)20(22)23/h2-5,8,10,12,20H,6-7,9,11,13,22-23H2,1H3,(H,24,25). The molecule has 0 aromatic heterocycles. The van der Waals surface area contributed by atoms with Crippen molar-refractivity contribution < 1.29 is 19.4 Å². The average Bonchev–Trinajstić information content (AvgIpc) is 2.65. The summed E-state index contributed by atoms with van der Waals surface area (Å²) in [5.74, 6) is 1.00. The maximum atomic E-state index is 10.8. The fraction of sp³-hybridized carbons (Fsp3) is 0.381. The first-order chi connectivity index (χ1) is 12.8. The molecule has 2 aliphatic rings. The summed E-state index contributed by atoms with van der Waals surface area (Å²) in [5, 5.41) is 8.89. The van der Waals surface area contributed by atoms with Crippen LogP contribution >= 0.6 is 0 Å². The van der Waals surface area contributed by atoms with E-state index in [0.717, 1.165) is 41.1 Å². The minimum atomic E-state index is -0.811. The summed E-state index contributed by atoms with van der Waals surface area (Å²) in [4.78, 5) is 10.8. The molecule has 1 atom stereocenters. The quantitative estimate of drug-likeness (QED) is 0.636. The summed E-state index contributed by atoms with van der Waals surface area (Å²) in [6.07, 6.45) is 7.50. The van der Waals surface area contributed by atoms with Gasteiger partial charge < -0.3 is 26.0 Å². The van der Waals surface area contributed by atoms with Crippen molar-refractivity contribution in [2.45, 2.75) is 51.0 Å². The van der Waals surface area contributed by atoms with Crippen LogP contribution in [-0.4, -0.2) is 16.7 Å². The van der Waals surface area contributed by atoms with Crippen LogP contribution in [0.25, 0.3) is 0 Å². The summed E-state index contributed by atoms with van der Waals surface area (Å²) >= 11 is 0. The lowest BCUT2D eigenvalue weighted by Crippen LogP contribution is -2.30. The van der Waals surface area contributed by atoms with Crippen molar-refractivity contribution >= 4 is 5.97 Å². The minimum absolute atomic E-state index is 0.0848. The van der Waals surface area contributed by atoms with Crippen molar-refractivity contribution in [3.8, 4) is 0 Å². The van der Waals surface area contributed by atoms with Crippen molar-refractivity contribution in [2.75, 3.05) is 0 Å². The number of aliphatic carboxylic acids is 1. The summed E-state index contributed by atoms with van der Waals surface area (Å²) in [6, 6.07) is 7.76. The molecule has 5 N–H and O–H groups in total. The molecule has 6 heteroatoms. The number of benzene rings is 1. The van der Waals surface area contributed by atoms with Gasteiger partial charge in [-0.3, -0.25) is 4.79 Å². The predicted molar refractivity (Wildman–Crippen MR) is 102 cm³/mol. The van der Waals surface area contributed by atoms with Gasteiger partial charge in [0.25, 0.3) is 0 Å². The molecule has 0 amide bonds. The lowest BCUT2D eigenvalue weighted by atomic mass is 9.92. The number of ether oxygens (including phenoxy) is 2. The Bertz CT molecular complexity index is 793. The van der Waals surface area contributed by atoms with Crippen LogP contribution in [-0.2, 0) is 20.9 Å². The minimum Gasteiger partial charge on any atom is -0.493 e. The van der Waals surface area contributed by atoms with E-state index in [9.17, 15) is 4.79 Å². The molecule has 0 bridgehead atoms. The molecule has 1 aromatic rings. The van der Waals surface area contributed by atoms with Gasteiger partial charge in [0.05, 0.1) is 11.9 Å². The van der Waals surface area contributed by atoms with Crippen LogP contribution in [0, 0.1) is 0 Å². The monoisotopic (exact) mass is 370 g/mol. The topological polar surface area (TPSA) is 108 Å². The van der Waals surface area contributed by atoms with E-state index in [0.29, 0.717) is 13.0 Å². The molecule has 1 aliphatic heterocycles. The number of hydrogen-bond acceptors (Lipinski definition) is 5. The van der Waals surface area contributed by atoms with Gasteiger partial charge in [0, 0.05) is 31.3 Å². The second kappa shape index (κ2) is 7.98. The van der Waals surface area contributed by atoms with E-state index in [2.05, 4.69) is 0 Å². The van der Waals surface area contributed by atoms with Gasteiger partial charge in [-0.05, 0) is 30.2 Å². The summed E-state index contributed by atoms with van der Waals surface area (Å²) in [5.41, 5.74) is 13.7. The van der Waals surface area contributed by atoms with Crippen LogP contribution < -0.4 is 11.5 Å². The van der Waals surface area contributed by atoms with Gasteiger partial charge in [-0.1, -0.05) is 30.3 Å². The Balaban J connectivity index is 1.59. The first-order valence-electron chi connectivity index (χ1n) is 9.11. The van der Waals surface area contributed by atoms with Crippen molar-refractivity contribution in [3.05, 3.63) is 70.7 Å². The van der Waals surface area contributed by atoms with Crippen molar-refractivity contribution in [3.63, 3.8) is 0 Å². The van der Waals surface area contributed by atoms with Gasteiger partial charge >= 0.3 is 5.97 Å². The molecule has 0 saturated heterocycles. The first kappa shape index (κ1) is 19.2. The van der Waals surface area contributed by atoms with Crippen LogP contribution in [0.2, 0.25) is 0 Å². The van der Waals surface area contributed by atoms with Gasteiger partial charge in [-0.25, -0.2) is 0 Å². The maximum Gasteiger partial charge on any atom is 0.303 e. The number of allylic oxidation sites excluding steroid dienone is 5. The van der Waals surface area contributed by atoms with Gasteiger partial charge in [0.15, 0.2) is 0 Å². The molecule has 1 aliphatic carbocycles. The van der Waals surface area contributed by atoms with Gasteiger partial charge in [0.1, 0.15) is 18.0 Å². The zero-order valence-electron chi connectivity index (χ0n) is 15.5. The SMILES string of the molecule is CC1(CCC(=O)O)C=CC2=C(CCC(OCc3ccc(C(N)N)cc3)=C2)O1. The number of hydrogen-bond donors (Lipinski definition) is 3. The van der Waals surface area contributed by atoms with Crippen LogP contribution in [0.4, 0.5) is 0 Å². The average molecular weight is 370 g/mol. The molecule has 1 aromatic carbocycles. The molecular weight excluding hydrogens is 344 g/mol. The zero-order valence-corrected chi connectivity index (χ0v) is 15.5. The van der Waals surface area contributed by atoms with Crippen LogP contribution in [0.15, 0.2) is 59.6 Å². The summed E-state index contributed by atoms with van der Waals surface area (Å²) in [6.45, 7) is 2.40. The largest absolute Gasteiger partial charge is 0.493 e. The highest BCUT2D eigenvalue weighted by Crippen LogP contribution is 2.36. The third-order valence-electron chi connectivity index (χ3n) is 4.83. The number of carboxylic acids is 1. The van der Waals surface area contributed by atoms with E-state index in [-0.39, 0.29) is 6.42 Å². The Hall–Kier alpha value is -2.57. The molecule has 0 saturated carbocycles. The summed E-state index contributed by atoms with van der Waals surface area (Å²) < 4.78 is 12.0. The normalized spacial score (nSPS) is 21.6. The number of nitrogens with two attached hydrogens (primary N) is 2. The first-order valence-corrected chi connectivity index (χ1v) is 9.11. The molecule has 1 heterocycles. The van der Waals surface area contributed by atoms with E-state index >= 15 is 0 Å². The molecule has 0 fully saturated rings. The molecular formula is C21H26N2O4. The molecule has 3 rings (SSSR count). The van der Waals surface area contributed by atoms with E-state index in [1.807, 2.05) is 49.4 Å². The van der Waals surface area contributed by atoms with Crippen LogP contribution in [0.1, 0.15) is 49.9 Å². The fourth-order valence-electron chi connectivity index (χ4n) is 3.16. The van der Waals surface area contributed by atoms with E-state index in [1.54, 1.807) is 0 Å². The fourth-order valence-corrected chi connectivity index (χ4v) is 3.16. The predicted octanol–water partition coefficient (Wildman–Crippen LogP) is 3.26. The zero-order chi connectivity index (χ0) is 19.4. The molecule has 144 valence electrons. The van der Waals surface area contributed by atoms with E-state index in [4.69, 9.17) is 26.0 Å². The molecule has 6 nitrogen and oxygen atoms in total. The van der Waals surface area contributed by atoms with Crippen molar-refractivity contribution in [1.29, 1.82) is 0 Å². The highest BCUT2D eigenvalue weighted by Gasteiger charge is 2.30. The third kappa shape index (κ3) is 4.99. The van der Waals surface area contributed by atoms with Gasteiger partial charge in [-0.15, -0.1) is 0 Å². The van der Waals surface area contributed by atoms with Gasteiger partial charge in [-0.2, -0.15) is 0 Å². The van der Waals surface area contributed by atoms with Crippen molar-refractivity contribution in [2.24, 2.45) is 11.5 Å². The van der Waals surface area contributed by atoms with Crippen LogP contribution in [0.3, 0.4) is 0 Å². The Morgan fingerprint density at radius 1 is 1.30 bits per heavy atom. The second-order valence-corrected chi connectivity index (χ2v) is 7.19. The lowest BCUT2D eigenvalue weighted by molar-refractivity contribution is -0.138. The highest BCUT2D eigenvalue weighted by atomic mass is 16.5. The lowest BCUT2D eigenvalue weighted by Gasteiger charge is -2.34. The Morgan fingerprint density at radius 2 is 2.04 bits per heavy atom. The maximum absolute atomic E-state index is 10.8.